The van der Waals surface area contributed by atoms with Crippen molar-refractivity contribution in [3.05, 3.63) is 87.6 Å². The molecule has 2 aromatic carbocycles. The van der Waals surface area contributed by atoms with Crippen molar-refractivity contribution in [1.29, 1.82) is 0 Å². The molecule has 26 heavy (non-hydrogen) atoms. The molecular weight excluding hydrogens is 346 g/mol. The highest BCUT2D eigenvalue weighted by molar-refractivity contribution is 7.11. The zero-order valence-electron chi connectivity index (χ0n) is 14.1. The van der Waals surface area contributed by atoms with E-state index < -0.39 is 0 Å². The molecule has 0 radical (unpaired) electrons. The molecule has 2 N–H and O–H groups in total. The third-order valence-corrected chi connectivity index (χ3v) is 4.40. The van der Waals surface area contributed by atoms with Crippen LogP contribution in [0.25, 0.3) is 0 Å². The number of anilines is 1. The lowest BCUT2D eigenvalue weighted by atomic mass is 10.1. The average molecular weight is 363 g/mol. The average Bonchev–Trinajstić information content (AvgIpc) is 3.16. The van der Waals surface area contributed by atoms with Gasteiger partial charge in [0.2, 0.25) is 0 Å². The van der Waals surface area contributed by atoms with Gasteiger partial charge in [0, 0.05) is 21.7 Å². The van der Waals surface area contributed by atoms with Crippen LogP contribution in [0.3, 0.4) is 0 Å². The van der Waals surface area contributed by atoms with Crippen LogP contribution in [0.4, 0.5) is 5.69 Å². The van der Waals surface area contributed by atoms with Crippen molar-refractivity contribution in [3.8, 4) is 0 Å². The van der Waals surface area contributed by atoms with Gasteiger partial charge in [-0.1, -0.05) is 29.8 Å². The van der Waals surface area contributed by atoms with Crippen molar-refractivity contribution in [2.75, 3.05) is 5.32 Å². The van der Waals surface area contributed by atoms with E-state index in [1.165, 1.54) is 11.3 Å². The molecular formula is C20H17N3O2S. The molecule has 0 spiro atoms. The van der Waals surface area contributed by atoms with Crippen molar-refractivity contribution in [1.82, 2.24) is 5.43 Å². The van der Waals surface area contributed by atoms with Gasteiger partial charge in [-0.15, -0.1) is 11.3 Å². The van der Waals surface area contributed by atoms with Crippen LogP contribution in [0.5, 0.6) is 0 Å². The second kappa shape index (κ2) is 8.22. The molecule has 0 fully saturated rings. The van der Waals surface area contributed by atoms with Crippen LogP contribution < -0.4 is 10.7 Å². The van der Waals surface area contributed by atoms with Gasteiger partial charge >= 0.3 is 0 Å². The van der Waals surface area contributed by atoms with Gasteiger partial charge < -0.3 is 5.32 Å². The minimum atomic E-state index is -0.343. The van der Waals surface area contributed by atoms with Gasteiger partial charge in [-0.3, -0.25) is 9.59 Å². The fraction of sp³-hybridized carbons (Fsp3) is 0.0500. The number of amides is 2. The normalized spacial score (nSPS) is 10.7. The first-order valence-electron chi connectivity index (χ1n) is 7.97. The molecule has 1 aromatic heterocycles. The van der Waals surface area contributed by atoms with E-state index in [2.05, 4.69) is 15.8 Å². The molecule has 0 atom stereocenters. The molecule has 0 bridgehead atoms. The molecule has 3 aromatic rings. The standard InChI is InChI=1S/C20H17N3O2S/c1-14-7-9-15(10-8-14)19(24)22-17-5-2-4-16(12-17)20(25)23-21-13-18-6-3-11-26-18/h2-13H,1H3,(H,22,24)(H,23,25)/b21-13+. The minimum Gasteiger partial charge on any atom is -0.322 e. The summed E-state index contributed by atoms with van der Waals surface area (Å²) in [6.07, 6.45) is 1.59. The van der Waals surface area contributed by atoms with Crippen LogP contribution in [0.15, 0.2) is 71.1 Å². The molecule has 0 aliphatic carbocycles. The van der Waals surface area contributed by atoms with Crippen molar-refractivity contribution in [3.63, 3.8) is 0 Å². The number of hydrogen-bond acceptors (Lipinski definition) is 4. The Morgan fingerprint density at radius 3 is 2.50 bits per heavy atom. The number of benzene rings is 2. The molecule has 1 heterocycles. The molecule has 0 saturated carbocycles. The number of rotatable bonds is 5. The summed E-state index contributed by atoms with van der Waals surface area (Å²) in [4.78, 5) is 25.4. The van der Waals surface area contributed by atoms with Crippen molar-refractivity contribution in [2.24, 2.45) is 5.10 Å². The summed E-state index contributed by atoms with van der Waals surface area (Å²) < 4.78 is 0. The van der Waals surface area contributed by atoms with E-state index in [0.29, 0.717) is 16.8 Å². The van der Waals surface area contributed by atoms with Crippen LogP contribution in [0, 0.1) is 6.92 Å². The smallest absolute Gasteiger partial charge is 0.271 e. The summed E-state index contributed by atoms with van der Waals surface area (Å²) >= 11 is 1.53. The summed E-state index contributed by atoms with van der Waals surface area (Å²) in [7, 11) is 0. The summed E-state index contributed by atoms with van der Waals surface area (Å²) in [5.41, 5.74) is 5.09. The number of hydrogen-bond donors (Lipinski definition) is 2. The number of carbonyl (C=O) groups excluding carboxylic acids is 2. The molecule has 130 valence electrons. The fourth-order valence-corrected chi connectivity index (χ4v) is 2.82. The molecule has 0 aliphatic heterocycles. The highest BCUT2D eigenvalue weighted by atomic mass is 32.1. The summed E-state index contributed by atoms with van der Waals surface area (Å²) in [6.45, 7) is 1.96. The number of nitrogens with one attached hydrogen (secondary N) is 2. The first-order valence-corrected chi connectivity index (χ1v) is 8.85. The van der Waals surface area contributed by atoms with Gasteiger partial charge in [-0.05, 0) is 48.7 Å². The van der Waals surface area contributed by atoms with E-state index in [1.807, 2.05) is 36.6 Å². The molecule has 5 nitrogen and oxygen atoms in total. The van der Waals surface area contributed by atoms with Crippen molar-refractivity contribution in [2.45, 2.75) is 6.92 Å². The Hall–Kier alpha value is -3.25. The lowest BCUT2D eigenvalue weighted by Crippen LogP contribution is -2.18. The van der Waals surface area contributed by atoms with Crippen molar-refractivity contribution >= 4 is 35.1 Å². The van der Waals surface area contributed by atoms with Gasteiger partial charge in [0.1, 0.15) is 0 Å². The number of thiophene rings is 1. The maximum Gasteiger partial charge on any atom is 0.271 e. The highest BCUT2D eigenvalue weighted by Crippen LogP contribution is 2.13. The number of aryl methyl sites for hydroxylation is 1. The Morgan fingerprint density at radius 1 is 0.962 bits per heavy atom. The van der Waals surface area contributed by atoms with Crippen LogP contribution in [-0.4, -0.2) is 18.0 Å². The predicted octanol–water partition coefficient (Wildman–Crippen LogP) is 4.07. The first kappa shape index (κ1) is 17.6. The minimum absolute atomic E-state index is 0.224. The topological polar surface area (TPSA) is 70.6 Å². The zero-order valence-corrected chi connectivity index (χ0v) is 14.9. The van der Waals surface area contributed by atoms with E-state index >= 15 is 0 Å². The largest absolute Gasteiger partial charge is 0.322 e. The van der Waals surface area contributed by atoms with Gasteiger partial charge in [-0.2, -0.15) is 5.10 Å². The summed E-state index contributed by atoms with van der Waals surface area (Å²) in [6, 6.07) is 17.8. The van der Waals surface area contributed by atoms with E-state index in [4.69, 9.17) is 0 Å². The van der Waals surface area contributed by atoms with Gasteiger partial charge in [-0.25, -0.2) is 5.43 Å². The maximum atomic E-state index is 12.3. The van der Waals surface area contributed by atoms with E-state index in [9.17, 15) is 9.59 Å². The molecule has 3 rings (SSSR count). The van der Waals surface area contributed by atoms with E-state index in [0.717, 1.165) is 10.4 Å². The Kier molecular flexibility index (Phi) is 5.56. The second-order valence-electron chi connectivity index (χ2n) is 5.62. The number of hydrazone groups is 1. The molecule has 0 saturated heterocycles. The summed E-state index contributed by atoms with van der Waals surface area (Å²) in [5.74, 6) is -0.567. The number of carbonyl (C=O) groups is 2. The monoisotopic (exact) mass is 363 g/mol. The maximum absolute atomic E-state index is 12.3. The zero-order chi connectivity index (χ0) is 18.4. The third kappa shape index (κ3) is 4.64. The fourth-order valence-electron chi connectivity index (χ4n) is 2.23. The van der Waals surface area contributed by atoms with Gasteiger partial charge in [0.05, 0.1) is 6.21 Å². The lowest BCUT2D eigenvalue weighted by Gasteiger charge is -2.07. The third-order valence-electron chi connectivity index (χ3n) is 3.60. The Balaban J connectivity index is 1.64. The summed E-state index contributed by atoms with van der Waals surface area (Å²) in [5, 5.41) is 8.66. The molecule has 2 amide bonds. The van der Waals surface area contributed by atoms with E-state index in [1.54, 1.807) is 42.6 Å². The quantitative estimate of drug-likeness (QED) is 0.530. The molecule has 6 heteroatoms. The Bertz CT molecular complexity index is 932. The van der Waals surface area contributed by atoms with Gasteiger partial charge in [0.25, 0.3) is 11.8 Å². The number of nitrogens with zero attached hydrogens (tertiary/aromatic N) is 1. The van der Waals surface area contributed by atoms with Crippen LogP contribution >= 0.6 is 11.3 Å². The lowest BCUT2D eigenvalue weighted by molar-refractivity contribution is 0.0953. The van der Waals surface area contributed by atoms with E-state index in [-0.39, 0.29) is 11.8 Å². The van der Waals surface area contributed by atoms with Crippen LogP contribution in [-0.2, 0) is 0 Å². The first-order chi connectivity index (χ1) is 12.6. The molecule has 0 aliphatic rings. The Morgan fingerprint density at radius 2 is 1.77 bits per heavy atom. The SMILES string of the molecule is Cc1ccc(C(=O)Nc2cccc(C(=O)N/N=C/c3cccs3)c2)cc1. The van der Waals surface area contributed by atoms with Crippen LogP contribution in [0.2, 0.25) is 0 Å². The van der Waals surface area contributed by atoms with Gasteiger partial charge in [0.15, 0.2) is 0 Å². The van der Waals surface area contributed by atoms with Crippen molar-refractivity contribution < 1.29 is 9.59 Å². The Labute approximate surface area is 155 Å². The second-order valence-corrected chi connectivity index (χ2v) is 6.59. The highest BCUT2D eigenvalue weighted by Gasteiger charge is 2.09. The molecule has 0 unspecified atom stereocenters. The predicted molar refractivity (Wildman–Crippen MR) is 105 cm³/mol. The van der Waals surface area contributed by atoms with Crippen LogP contribution in [0.1, 0.15) is 31.2 Å².